The molecule has 0 spiro atoms. The van der Waals surface area contributed by atoms with E-state index in [1.54, 1.807) is 29.5 Å². The summed E-state index contributed by atoms with van der Waals surface area (Å²) in [5.74, 6) is 0.227. The second-order valence-electron chi connectivity index (χ2n) is 4.93. The van der Waals surface area contributed by atoms with Gasteiger partial charge in [0.15, 0.2) is 0 Å². The number of carbonyl (C=O) groups excluding carboxylic acids is 1. The summed E-state index contributed by atoms with van der Waals surface area (Å²) in [6, 6.07) is 9.08. The fourth-order valence-electron chi connectivity index (χ4n) is 2.30. The Morgan fingerprint density at radius 2 is 2.22 bits per heavy atom. The van der Waals surface area contributed by atoms with Gasteiger partial charge in [-0.05, 0) is 36.6 Å². The molecule has 118 valence electrons. The first kappa shape index (κ1) is 15.3. The number of hydrogen-bond donors (Lipinski definition) is 2. The number of ether oxygens (including phenoxy) is 1. The molecule has 0 aliphatic carbocycles. The van der Waals surface area contributed by atoms with Gasteiger partial charge in [-0.15, -0.1) is 11.3 Å². The standard InChI is InChI=1S/C17H16N2O3S/c1-2-22-11-5-6-15-13(8-11)16(20)14(10-18-15)17(21)19-9-12-4-3-7-23-12/h3-8,10H,2,9H2,1H3,(H,18,20)(H,19,21). The van der Waals surface area contributed by atoms with Crippen molar-refractivity contribution in [1.82, 2.24) is 10.3 Å². The number of amides is 1. The minimum Gasteiger partial charge on any atom is -0.494 e. The molecule has 5 nitrogen and oxygen atoms in total. The van der Waals surface area contributed by atoms with Gasteiger partial charge in [-0.25, -0.2) is 0 Å². The van der Waals surface area contributed by atoms with Gasteiger partial charge < -0.3 is 15.0 Å². The van der Waals surface area contributed by atoms with E-state index >= 15 is 0 Å². The van der Waals surface area contributed by atoms with Crippen molar-refractivity contribution in [2.75, 3.05) is 6.61 Å². The summed E-state index contributed by atoms with van der Waals surface area (Å²) in [5, 5.41) is 5.16. The highest BCUT2D eigenvalue weighted by atomic mass is 32.1. The van der Waals surface area contributed by atoms with Crippen LogP contribution in [0, 0.1) is 0 Å². The summed E-state index contributed by atoms with van der Waals surface area (Å²) < 4.78 is 5.41. The van der Waals surface area contributed by atoms with E-state index in [1.807, 2.05) is 24.4 Å². The van der Waals surface area contributed by atoms with Gasteiger partial charge in [-0.2, -0.15) is 0 Å². The van der Waals surface area contributed by atoms with Gasteiger partial charge in [0.2, 0.25) is 5.43 Å². The number of aromatic amines is 1. The molecule has 23 heavy (non-hydrogen) atoms. The Morgan fingerprint density at radius 1 is 1.35 bits per heavy atom. The van der Waals surface area contributed by atoms with Crippen LogP contribution in [-0.2, 0) is 6.54 Å². The quantitative estimate of drug-likeness (QED) is 0.756. The molecule has 0 atom stereocenters. The van der Waals surface area contributed by atoms with Gasteiger partial charge in [-0.1, -0.05) is 6.07 Å². The lowest BCUT2D eigenvalue weighted by molar-refractivity contribution is 0.0950. The zero-order chi connectivity index (χ0) is 16.2. The fourth-order valence-corrected chi connectivity index (χ4v) is 2.94. The number of nitrogens with one attached hydrogen (secondary N) is 2. The van der Waals surface area contributed by atoms with Crippen molar-refractivity contribution in [1.29, 1.82) is 0 Å². The molecule has 2 heterocycles. The first-order chi connectivity index (χ1) is 11.2. The van der Waals surface area contributed by atoms with E-state index in [1.165, 1.54) is 6.20 Å². The van der Waals surface area contributed by atoms with Crippen LogP contribution in [0.3, 0.4) is 0 Å². The van der Waals surface area contributed by atoms with Crippen LogP contribution in [0.25, 0.3) is 10.9 Å². The second-order valence-corrected chi connectivity index (χ2v) is 5.97. The maximum absolute atomic E-state index is 12.6. The van der Waals surface area contributed by atoms with Crippen LogP contribution in [0.4, 0.5) is 0 Å². The lowest BCUT2D eigenvalue weighted by atomic mass is 10.1. The van der Waals surface area contributed by atoms with Gasteiger partial charge in [0.1, 0.15) is 11.3 Å². The maximum atomic E-state index is 12.6. The Balaban J connectivity index is 1.89. The molecule has 0 unspecified atom stereocenters. The Hall–Kier alpha value is -2.60. The molecule has 0 saturated heterocycles. The fraction of sp³-hybridized carbons (Fsp3) is 0.176. The molecule has 3 aromatic rings. The molecule has 0 fully saturated rings. The molecule has 1 amide bonds. The van der Waals surface area contributed by atoms with Crippen molar-refractivity contribution in [3.63, 3.8) is 0 Å². The van der Waals surface area contributed by atoms with E-state index in [4.69, 9.17) is 4.74 Å². The number of hydrogen-bond acceptors (Lipinski definition) is 4. The molecule has 0 bridgehead atoms. The second kappa shape index (κ2) is 6.66. The van der Waals surface area contributed by atoms with E-state index in [9.17, 15) is 9.59 Å². The predicted molar refractivity (Wildman–Crippen MR) is 91.2 cm³/mol. The molecule has 0 aliphatic heterocycles. The molecule has 1 aromatic carbocycles. The van der Waals surface area contributed by atoms with Crippen LogP contribution in [0.15, 0.2) is 46.7 Å². The Kier molecular flexibility index (Phi) is 4.43. The highest BCUT2D eigenvalue weighted by Gasteiger charge is 2.13. The van der Waals surface area contributed by atoms with Crippen molar-refractivity contribution in [2.24, 2.45) is 0 Å². The SMILES string of the molecule is CCOc1ccc2[nH]cc(C(=O)NCc3cccs3)c(=O)c2c1. The zero-order valence-corrected chi connectivity index (χ0v) is 13.4. The molecular formula is C17H16N2O3S. The van der Waals surface area contributed by atoms with Crippen LogP contribution < -0.4 is 15.5 Å². The summed E-state index contributed by atoms with van der Waals surface area (Å²) in [4.78, 5) is 28.8. The van der Waals surface area contributed by atoms with E-state index < -0.39 is 0 Å². The number of rotatable bonds is 5. The Bertz CT molecular complexity index is 884. The Labute approximate surface area is 136 Å². The van der Waals surface area contributed by atoms with Gasteiger partial charge in [0.05, 0.1) is 13.2 Å². The highest BCUT2D eigenvalue weighted by molar-refractivity contribution is 7.09. The number of aromatic nitrogens is 1. The molecule has 2 N–H and O–H groups in total. The van der Waals surface area contributed by atoms with Gasteiger partial charge in [0, 0.05) is 22.0 Å². The smallest absolute Gasteiger partial charge is 0.257 e. The normalized spacial score (nSPS) is 10.7. The molecule has 6 heteroatoms. The third-order valence-corrected chi connectivity index (χ3v) is 4.29. The Morgan fingerprint density at radius 3 is 2.96 bits per heavy atom. The highest BCUT2D eigenvalue weighted by Crippen LogP contribution is 2.17. The number of H-pyrrole nitrogens is 1. The van der Waals surface area contributed by atoms with Crippen LogP contribution >= 0.6 is 11.3 Å². The summed E-state index contributed by atoms with van der Waals surface area (Å²) in [7, 11) is 0. The molecule has 0 aliphatic rings. The largest absolute Gasteiger partial charge is 0.494 e. The zero-order valence-electron chi connectivity index (χ0n) is 12.6. The third kappa shape index (κ3) is 3.27. The summed E-state index contributed by atoms with van der Waals surface area (Å²) in [6.07, 6.45) is 1.45. The number of carbonyl (C=O) groups is 1. The van der Waals surface area contributed by atoms with E-state index in [-0.39, 0.29) is 16.9 Å². The minimum atomic E-state index is -0.386. The monoisotopic (exact) mass is 328 g/mol. The van der Waals surface area contributed by atoms with E-state index in [2.05, 4.69) is 10.3 Å². The third-order valence-electron chi connectivity index (χ3n) is 3.41. The predicted octanol–water partition coefficient (Wildman–Crippen LogP) is 2.92. The van der Waals surface area contributed by atoms with Gasteiger partial charge in [0.25, 0.3) is 5.91 Å². The first-order valence-corrected chi connectivity index (χ1v) is 8.16. The number of fused-ring (bicyclic) bond motifs is 1. The lowest BCUT2D eigenvalue weighted by Gasteiger charge is -2.07. The van der Waals surface area contributed by atoms with Gasteiger partial charge in [-0.3, -0.25) is 9.59 Å². The van der Waals surface area contributed by atoms with Crippen molar-refractivity contribution >= 4 is 28.1 Å². The lowest BCUT2D eigenvalue weighted by Crippen LogP contribution is -2.28. The van der Waals surface area contributed by atoms with Crippen molar-refractivity contribution in [3.8, 4) is 5.75 Å². The summed E-state index contributed by atoms with van der Waals surface area (Å²) in [5.41, 5.74) is 0.472. The van der Waals surface area contributed by atoms with Crippen molar-refractivity contribution in [2.45, 2.75) is 13.5 Å². The molecule has 2 aromatic heterocycles. The van der Waals surface area contributed by atoms with E-state index in [0.717, 1.165) is 4.88 Å². The van der Waals surface area contributed by atoms with Crippen LogP contribution in [0.2, 0.25) is 0 Å². The molecule has 0 radical (unpaired) electrons. The first-order valence-electron chi connectivity index (χ1n) is 7.28. The number of pyridine rings is 1. The van der Waals surface area contributed by atoms with E-state index in [0.29, 0.717) is 29.8 Å². The molecular weight excluding hydrogens is 312 g/mol. The van der Waals surface area contributed by atoms with Crippen molar-refractivity contribution in [3.05, 3.63) is 62.6 Å². The minimum absolute atomic E-state index is 0.0997. The molecule has 0 saturated carbocycles. The van der Waals surface area contributed by atoms with Crippen LogP contribution in [0.5, 0.6) is 5.75 Å². The number of thiophene rings is 1. The van der Waals surface area contributed by atoms with Gasteiger partial charge >= 0.3 is 0 Å². The molecule has 3 rings (SSSR count). The average Bonchev–Trinajstić information content (AvgIpc) is 3.07. The van der Waals surface area contributed by atoms with Crippen molar-refractivity contribution < 1.29 is 9.53 Å². The topological polar surface area (TPSA) is 71.2 Å². The van der Waals surface area contributed by atoms with Crippen LogP contribution in [-0.4, -0.2) is 17.5 Å². The summed E-state index contributed by atoms with van der Waals surface area (Å²) >= 11 is 1.56. The summed E-state index contributed by atoms with van der Waals surface area (Å²) in [6.45, 7) is 2.81. The van der Waals surface area contributed by atoms with Crippen LogP contribution in [0.1, 0.15) is 22.2 Å². The average molecular weight is 328 g/mol. The number of benzene rings is 1. The maximum Gasteiger partial charge on any atom is 0.257 e.